The highest BCUT2D eigenvalue weighted by Gasteiger charge is 2.34. The van der Waals surface area contributed by atoms with Crippen molar-refractivity contribution in [3.8, 4) is 5.75 Å². The van der Waals surface area contributed by atoms with E-state index in [-0.39, 0.29) is 18.0 Å². The second-order valence-electron chi connectivity index (χ2n) is 7.20. The highest BCUT2D eigenvalue weighted by atomic mass is 16.5. The lowest BCUT2D eigenvalue weighted by Crippen LogP contribution is -2.58. The maximum Gasteiger partial charge on any atom is 0.322 e. The molecule has 1 atom stereocenters. The number of nitrogens with zero attached hydrogens (tertiary/aromatic N) is 2. The van der Waals surface area contributed by atoms with Gasteiger partial charge in [-0.1, -0.05) is 20.8 Å². The van der Waals surface area contributed by atoms with Crippen LogP contribution in [-0.2, 0) is 4.79 Å². The molecule has 0 aromatic heterocycles. The standard InChI is InChI=1S/C18H27N3O3/c1-13-12-20(16(22)18(2,3)4)10-11-21(13)17(23)19-14-6-8-15(24-5)9-7-14/h6-9,13H,10-12H2,1-5H3,(H,19,23). The molecule has 1 aromatic rings. The third kappa shape index (κ3) is 4.19. The van der Waals surface area contributed by atoms with E-state index < -0.39 is 5.41 Å². The molecule has 1 aliphatic rings. The molecule has 1 N–H and O–H groups in total. The van der Waals surface area contributed by atoms with Gasteiger partial charge in [0.25, 0.3) is 0 Å². The van der Waals surface area contributed by atoms with Gasteiger partial charge in [0.15, 0.2) is 0 Å². The summed E-state index contributed by atoms with van der Waals surface area (Å²) >= 11 is 0. The van der Waals surface area contributed by atoms with Crippen LogP contribution in [0.3, 0.4) is 0 Å². The van der Waals surface area contributed by atoms with E-state index in [1.54, 1.807) is 36.3 Å². The van der Waals surface area contributed by atoms with E-state index in [0.29, 0.717) is 19.6 Å². The largest absolute Gasteiger partial charge is 0.497 e. The summed E-state index contributed by atoms with van der Waals surface area (Å²) in [4.78, 5) is 28.5. The number of piperazine rings is 1. The quantitative estimate of drug-likeness (QED) is 0.905. The van der Waals surface area contributed by atoms with E-state index in [1.165, 1.54) is 0 Å². The summed E-state index contributed by atoms with van der Waals surface area (Å²) in [7, 11) is 1.60. The molecule has 0 bridgehead atoms. The maximum atomic E-state index is 12.5. The fourth-order valence-corrected chi connectivity index (χ4v) is 2.79. The van der Waals surface area contributed by atoms with Gasteiger partial charge in [-0.05, 0) is 31.2 Å². The van der Waals surface area contributed by atoms with Crippen molar-refractivity contribution in [3.63, 3.8) is 0 Å². The number of amides is 3. The Morgan fingerprint density at radius 3 is 2.29 bits per heavy atom. The summed E-state index contributed by atoms with van der Waals surface area (Å²) in [5.41, 5.74) is 0.328. The van der Waals surface area contributed by atoms with E-state index >= 15 is 0 Å². The number of ether oxygens (including phenoxy) is 1. The number of carbonyl (C=O) groups excluding carboxylic acids is 2. The molecule has 6 heteroatoms. The Morgan fingerprint density at radius 1 is 1.17 bits per heavy atom. The van der Waals surface area contributed by atoms with Crippen LogP contribution in [0.5, 0.6) is 5.75 Å². The average Bonchev–Trinajstić information content (AvgIpc) is 2.53. The highest BCUT2D eigenvalue weighted by Crippen LogP contribution is 2.21. The highest BCUT2D eigenvalue weighted by molar-refractivity contribution is 5.90. The number of anilines is 1. The fourth-order valence-electron chi connectivity index (χ4n) is 2.79. The van der Waals surface area contributed by atoms with Crippen molar-refractivity contribution in [2.24, 2.45) is 5.41 Å². The third-order valence-corrected chi connectivity index (χ3v) is 4.16. The molecular weight excluding hydrogens is 306 g/mol. The molecule has 0 spiro atoms. The normalized spacial score (nSPS) is 18.3. The van der Waals surface area contributed by atoms with Crippen LogP contribution in [0.4, 0.5) is 10.5 Å². The lowest BCUT2D eigenvalue weighted by molar-refractivity contribution is -0.141. The summed E-state index contributed by atoms with van der Waals surface area (Å²) in [5, 5.41) is 2.90. The first-order valence-corrected chi connectivity index (χ1v) is 8.23. The smallest absolute Gasteiger partial charge is 0.322 e. The zero-order valence-electron chi connectivity index (χ0n) is 15.1. The number of carbonyl (C=O) groups is 2. The lowest BCUT2D eigenvalue weighted by atomic mass is 9.94. The molecule has 2 rings (SSSR count). The van der Waals surface area contributed by atoms with E-state index in [9.17, 15) is 9.59 Å². The Labute approximate surface area is 143 Å². The van der Waals surface area contributed by atoms with Gasteiger partial charge < -0.3 is 19.9 Å². The summed E-state index contributed by atoms with van der Waals surface area (Å²) in [6.45, 7) is 9.39. The van der Waals surface area contributed by atoms with Crippen LogP contribution in [0, 0.1) is 5.41 Å². The van der Waals surface area contributed by atoms with E-state index in [2.05, 4.69) is 5.32 Å². The minimum absolute atomic E-state index is 0.0247. The molecule has 1 saturated heterocycles. The average molecular weight is 333 g/mol. The monoisotopic (exact) mass is 333 g/mol. The van der Waals surface area contributed by atoms with E-state index in [1.807, 2.05) is 32.6 Å². The van der Waals surface area contributed by atoms with Crippen molar-refractivity contribution in [1.29, 1.82) is 0 Å². The first-order chi connectivity index (χ1) is 11.2. The lowest BCUT2D eigenvalue weighted by Gasteiger charge is -2.41. The molecular formula is C18H27N3O3. The van der Waals surface area contributed by atoms with Crippen molar-refractivity contribution in [3.05, 3.63) is 24.3 Å². The van der Waals surface area contributed by atoms with Crippen LogP contribution in [0.25, 0.3) is 0 Å². The van der Waals surface area contributed by atoms with Crippen LogP contribution in [-0.4, -0.2) is 54.5 Å². The minimum Gasteiger partial charge on any atom is -0.497 e. The molecule has 0 saturated carbocycles. The predicted octanol–water partition coefficient (Wildman–Crippen LogP) is 2.81. The number of hydrogen-bond acceptors (Lipinski definition) is 3. The summed E-state index contributed by atoms with van der Waals surface area (Å²) in [5.74, 6) is 0.875. The molecule has 1 unspecified atom stereocenters. The van der Waals surface area contributed by atoms with Crippen molar-refractivity contribution in [2.45, 2.75) is 33.7 Å². The van der Waals surface area contributed by atoms with Gasteiger partial charge in [-0.25, -0.2) is 4.79 Å². The molecule has 1 heterocycles. The Balaban J connectivity index is 1.95. The van der Waals surface area contributed by atoms with Gasteiger partial charge in [0, 0.05) is 36.8 Å². The van der Waals surface area contributed by atoms with Crippen LogP contribution in [0.1, 0.15) is 27.7 Å². The van der Waals surface area contributed by atoms with Crippen LogP contribution in [0.2, 0.25) is 0 Å². The molecule has 1 aromatic carbocycles. The van der Waals surface area contributed by atoms with Gasteiger partial charge >= 0.3 is 6.03 Å². The van der Waals surface area contributed by atoms with Gasteiger partial charge in [0.1, 0.15) is 5.75 Å². The minimum atomic E-state index is -0.396. The topological polar surface area (TPSA) is 61.9 Å². The van der Waals surface area contributed by atoms with E-state index in [0.717, 1.165) is 11.4 Å². The number of urea groups is 1. The number of methoxy groups -OCH3 is 1. The number of benzene rings is 1. The van der Waals surface area contributed by atoms with Crippen molar-refractivity contribution < 1.29 is 14.3 Å². The number of rotatable bonds is 2. The first kappa shape index (κ1) is 18.1. The Kier molecular flexibility index (Phi) is 5.36. The molecule has 132 valence electrons. The Morgan fingerprint density at radius 2 is 1.79 bits per heavy atom. The molecule has 3 amide bonds. The third-order valence-electron chi connectivity index (χ3n) is 4.16. The van der Waals surface area contributed by atoms with Gasteiger partial charge in [0.05, 0.1) is 7.11 Å². The van der Waals surface area contributed by atoms with E-state index in [4.69, 9.17) is 4.74 Å². The van der Waals surface area contributed by atoms with Gasteiger partial charge in [0.2, 0.25) is 5.91 Å². The number of nitrogens with one attached hydrogen (secondary N) is 1. The second-order valence-corrected chi connectivity index (χ2v) is 7.20. The molecule has 24 heavy (non-hydrogen) atoms. The maximum absolute atomic E-state index is 12.5. The van der Waals surface area contributed by atoms with Gasteiger partial charge in [-0.3, -0.25) is 4.79 Å². The van der Waals surface area contributed by atoms with Crippen molar-refractivity contribution in [1.82, 2.24) is 9.80 Å². The second kappa shape index (κ2) is 7.11. The fraction of sp³-hybridized carbons (Fsp3) is 0.556. The molecule has 0 radical (unpaired) electrons. The molecule has 1 aliphatic heterocycles. The Hall–Kier alpha value is -2.24. The Bertz CT molecular complexity index is 593. The van der Waals surface area contributed by atoms with Crippen molar-refractivity contribution >= 4 is 17.6 Å². The van der Waals surface area contributed by atoms with Crippen LogP contribution >= 0.6 is 0 Å². The molecule has 0 aliphatic carbocycles. The zero-order valence-corrected chi connectivity index (χ0v) is 15.1. The number of hydrogen-bond donors (Lipinski definition) is 1. The SMILES string of the molecule is COc1ccc(NC(=O)N2CCN(C(=O)C(C)(C)C)CC2C)cc1. The van der Waals surface area contributed by atoms with Crippen LogP contribution in [0.15, 0.2) is 24.3 Å². The summed E-state index contributed by atoms with van der Waals surface area (Å²) < 4.78 is 5.11. The zero-order chi connectivity index (χ0) is 17.9. The van der Waals surface area contributed by atoms with Gasteiger partial charge in [-0.2, -0.15) is 0 Å². The molecule has 1 fully saturated rings. The molecule has 6 nitrogen and oxygen atoms in total. The van der Waals surface area contributed by atoms with Crippen LogP contribution < -0.4 is 10.1 Å². The summed E-state index contributed by atoms with van der Waals surface area (Å²) in [6.07, 6.45) is 0. The van der Waals surface area contributed by atoms with Crippen molar-refractivity contribution in [2.75, 3.05) is 32.1 Å². The predicted molar refractivity (Wildman–Crippen MR) is 94.2 cm³/mol. The van der Waals surface area contributed by atoms with Gasteiger partial charge in [-0.15, -0.1) is 0 Å². The summed E-state index contributed by atoms with van der Waals surface area (Å²) in [6, 6.07) is 7.05. The first-order valence-electron chi connectivity index (χ1n) is 8.23.